The molecule has 6 heteroatoms. The molecule has 2 aromatic carbocycles. The normalized spacial score (nSPS) is 16.5. The molecule has 0 radical (unpaired) electrons. The first kappa shape index (κ1) is 22.2. The first-order valence-electron chi connectivity index (χ1n) is 9.55. The monoisotopic (exact) mass is 404 g/mol. The van der Waals surface area contributed by atoms with Gasteiger partial charge in [0.15, 0.2) is 0 Å². The van der Waals surface area contributed by atoms with Crippen LogP contribution in [0.3, 0.4) is 0 Å². The summed E-state index contributed by atoms with van der Waals surface area (Å²) >= 11 is 0. The van der Waals surface area contributed by atoms with E-state index < -0.39 is 0 Å². The van der Waals surface area contributed by atoms with E-state index in [1.807, 2.05) is 61.5 Å². The van der Waals surface area contributed by atoms with Crippen molar-refractivity contribution in [2.45, 2.75) is 25.8 Å². The minimum Gasteiger partial charge on any atom is -0.493 e. The van der Waals surface area contributed by atoms with E-state index in [1.54, 1.807) is 0 Å². The Balaban J connectivity index is 0.00000280. The highest BCUT2D eigenvalue weighted by Crippen LogP contribution is 2.23. The zero-order valence-corrected chi connectivity index (χ0v) is 17.0. The summed E-state index contributed by atoms with van der Waals surface area (Å²) in [5.74, 6) is 0.936. The van der Waals surface area contributed by atoms with Crippen LogP contribution in [0.15, 0.2) is 54.6 Å². The number of halogens is 1. The maximum Gasteiger partial charge on any atom is 0.229 e. The molecule has 0 saturated carbocycles. The fraction of sp³-hybridized carbons (Fsp3) is 0.409. The zero-order chi connectivity index (χ0) is 19.1. The van der Waals surface area contributed by atoms with Gasteiger partial charge in [0.05, 0.1) is 12.5 Å². The van der Waals surface area contributed by atoms with E-state index in [2.05, 4.69) is 5.32 Å². The predicted octanol–water partition coefficient (Wildman–Crippen LogP) is 4.19. The van der Waals surface area contributed by atoms with Gasteiger partial charge in [0.25, 0.3) is 0 Å². The number of nitrogens with one attached hydrogen (secondary N) is 1. The maximum atomic E-state index is 12.5. The molecule has 152 valence electrons. The Bertz CT molecular complexity index is 718. The number of rotatable bonds is 7. The van der Waals surface area contributed by atoms with Crippen LogP contribution in [0.25, 0.3) is 0 Å². The summed E-state index contributed by atoms with van der Waals surface area (Å²) in [5.41, 5.74) is 7.93. The zero-order valence-electron chi connectivity index (χ0n) is 16.2. The van der Waals surface area contributed by atoms with Crippen LogP contribution in [-0.2, 0) is 9.53 Å². The van der Waals surface area contributed by atoms with Gasteiger partial charge in [-0.25, -0.2) is 0 Å². The van der Waals surface area contributed by atoms with E-state index in [-0.39, 0.29) is 30.3 Å². The molecule has 5 nitrogen and oxygen atoms in total. The first-order valence-corrected chi connectivity index (χ1v) is 9.55. The van der Waals surface area contributed by atoms with Crippen molar-refractivity contribution in [2.75, 3.05) is 25.1 Å². The number of nitrogens with two attached hydrogens (primary N) is 1. The summed E-state index contributed by atoms with van der Waals surface area (Å²) in [6.07, 6.45) is 2.10. The van der Waals surface area contributed by atoms with Crippen molar-refractivity contribution in [3.05, 3.63) is 60.2 Å². The molecule has 2 aromatic rings. The van der Waals surface area contributed by atoms with Crippen LogP contribution < -0.4 is 15.8 Å². The number of hydrogen-bond donors (Lipinski definition) is 2. The molecule has 0 aromatic heterocycles. The molecule has 1 aliphatic rings. The number of amides is 1. The average Bonchev–Trinajstić information content (AvgIpc) is 2.73. The van der Waals surface area contributed by atoms with E-state index in [0.29, 0.717) is 12.5 Å². The van der Waals surface area contributed by atoms with Crippen molar-refractivity contribution in [3.63, 3.8) is 0 Å². The maximum absolute atomic E-state index is 12.5. The molecule has 0 aliphatic carbocycles. The summed E-state index contributed by atoms with van der Waals surface area (Å²) in [6.45, 7) is 4.20. The molecule has 28 heavy (non-hydrogen) atoms. The van der Waals surface area contributed by atoms with E-state index in [1.165, 1.54) is 0 Å². The number of carbonyl (C=O) groups excluding carboxylic acids is 1. The average molecular weight is 405 g/mol. The molecule has 3 N–H and O–H groups in total. The predicted molar refractivity (Wildman–Crippen MR) is 114 cm³/mol. The summed E-state index contributed by atoms with van der Waals surface area (Å²) in [7, 11) is 0. The Kier molecular flexibility index (Phi) is 8.77. The molecular formula is C22H29ClN2O3. The highest BCUT2D eigenvalue weighted by molar-refractivity contribution is 5.92. The summed E-state index contributed by atoms with van der Waals surface area (Å²) in [4.78, 5) is 12.5. The Hall–Kier alpha value is -2.08. The standard InChI is InChI=1S/C22H28N2O3.ClH/c1-16(21(23)18-5-3-2-4-6-18)22(25)24-19-7-9-20(10-8-19)27-15-17-11-13-26-14-12-17;/h2-10,16-17,21H,11-15,23H2,1H3,(H,24,25);1H. The Morgan fingerprint density at radius 1 is 1.14 bits per heavy atom. The Morgan fingerprint density at radius 3 is 2.43 bits per heavy atom. The van der Waals surface area contributed by atoms with Gasteiger partial charge in [-0.1, -0.05) is 37.3 Å². The van der Waals surface area contributed by atoms with Gasteiger partial charge in [0.2, 0.25) is 5.91 Å². The van der Waals surface area contributed by atoms with Crippen molar-refractivity contribution in [1.82, 2.24) is 0 Å². The minimum absolute atomic E-state index is 0. The van der Waals surface area contributed by atoms with Crippen molar-refractivity contribution in [3.8, 4) is 5.75 Å². The molecule has 2 unspecified atom stereocenters. The van der Waals surface area contributed by atoms with Crippen molar-refractivity contribution in [1.29, 1.82) is 0 Å². The molecular weight excluding hydrogens is 376 g/mol. The SMILES string of the molecule is CC(C(=O)Nc1ccc(OCC2CCOCC2)cc1)C(N)c1ccccc1.Cl. The van der Waals surface area contributed by atoms with Gasteiger partial charge in [-0.05, 0) is 48.6 Å². The van der Waals surface area contributed by atoms with Gasteiger partial charge in [0, 0.05) is 24.9 Å². The third-order valence-electron chi connectivity index (χ3n) is 5.09. The number of carbonyl (C=O) groups is 1. The molecule has 0 spiro atoms. The van der Waals surface area contributed by atoms with Crippen molar-refractivity contribution >= 4 is 24.0 Å². The molecule has 1 heterocycles. The molecule has 1 aliphatic heterocycles. The van der Waals surface area contributed by atoms with Crippen molar-refractivity contribution in [2.24, 2.45) is 17.6 Å². The highest BCUT2D eigenvalue weighted by atomic mass is 35.5. The number of benzene rings is 2. The summed E-state index contributed by atoms with van der Waals surface area (Å²) in [6, 6.07) is 16.8. The topological polar surface area (TPSA) is 73.6 Å². The Labute approximate surface area is 173 Å². The molecule has 2 atom stereocenters. The van der Waals surface area contributed by atoms with E-state index in [0.717, 1.165) is 43.1 Å². The third-order valence-corrected chi connectivity index (χ3v) is 5.09. The smallest absolute Gasteiger partial charge is 0.229 e. The molecule has 1 amide bonds. The molecule has 3 rings (SSSR count). The van der Waals surface area contributed by atoms with Crippen LogP contribution in [-0.4, -0.2) is 25.7 Å². The fourth-order valence-corrected chi connectivity index (χ4v) is 3.14. The van der Waals surface area contributed by atoms with Crippen LogP contribution in [0, 0.1) is 11.8 Å². The minimum atomic E-state index is -0.340. The number of ether oxygens (including phenoxy) is 2. The fourth-order valence-electron chi connectivity index (χ4n) is 3.14. The lowest BCUT2D eigenvalue weighted by Gasteiger charge is -2.22. The quantitative estimate of drug-likeness (QED) is 0.725. The summed E-state index contributed by atoms with van der Waals surface area (Å²) in [5, 5.41) is 2.93. The Morgan fingerprint density at radius 2 is 1.79 bits per heavy atom. The third kappa shape index (κ3) is 6.23. The second-order valence-corrected chi connectivity index (χ2v) is 7.11. The molecule has 0 bridgehead atoms. The lowest BCUT2D eigenvalue weighted by Crippen LogP contribution is -2.30. The summed E-state index contributed by atoms with van der Waals surface area (Å²) < 4.78 is 11.2. The second kappa shape index (κ2) is 11.1. The van der Waals surface area contributed by atoms with Gasteiger partial charge in [0.1, 0.15) is 5.75 Å². The molecule has 1 saturated heterocycles. The van der Waals surface area contributed by atoms with Crippen LogP contribution in [0.4, 0.5) is 5.69 Å². The number of hydrogen-bond acceptors (Lipinski definition) is 4. The van der Waals surface area contributed by atoms with Crippen LogP contribution in [0.2, 0.25) is 0 Å². The second-order valence-electron chi connectivity index (χ2n) is 7.11. The number of anilines is 1. The van der Waals surface area contributed by atoms with Crippen molar-refractivity contribution < 1.29 is 14.3 Å². The highest BCUT2D eigenvalue weighted by Gasteiger charge is 2.22. The van der Waals surface area contributed by atoms with E-state index >= 15 is 0 Å². The van der Waals surface area contributed by atoms with E-state index in [9.17, 15) is 4.79 Å². The van der Waals surface area contributed by atoms with Gasteiger partial charge in [-0.3, -0.25) is 4.79 Å². The van der Waals surface area contributed by atoms with Crippen LogP contribution >= 0.6 is 12.4 Å². The van der Waals surface area contributed by atoms with Gasteiger partial charge >= 0.3 is 0 Å². The van der Waals surface area contributed by atoms with Gasteiger partial charge in [-0.15, -0.1) is 12.4 Å². The van der Waals surface area contributed by atoms with E-state index in [4.69, 9.17) is 15.2 Å². The molecule has 1 fully saturated rings. The van der Waals surface area contributed by atoms with Crippen LogP contribution in [0.5, 0.6) is 5.75 Å². The van der Waals surface area contributed by atoms with Crippen LogP contribution in [0.1, 0.15) is 31.4 Å². The van der Waals surface area contributed by atoms with Gasteiger partial charge < -0.3 is 20.5 Å². The lowest BCUT2D eigenvalue weighted by atomic mass is 9.94. The largest absolute Gasteiger partial charge is 0.493 e. The first-order chi connectivity index (χ1) is 13.1. The van der Waals surface area contributed by atoms with Gasteiger partial charge in [-0.2, -0.15) is 0 Å². The lowest BCUT2D eigenvalue weighted by molar-refractivity contribution is -0.120.